The number of rotatable bonds is 7. The summed E-state index contributed by atoms with van der Waals surface area (Å²) >= 11 is 0. The van der Waals surface area contributed by atoms with Crippen LogP contribution in [0.1, 0.15) is 27.9 Å². The van der Waals surface area contributed by atoms with E-state index in [0.29, 0.717) is 25.5 Å². The van der Waals surface area contributed by atoms with Gasteiger partial charge >= 0.3 is 0 Å². The van der Waals surface area contributed by atoms with Crippen molar-refractivity contribution in [2.75, 3.05) is 40.0 Å². The average Bonchev–Trinajstić information content (AvgIpc) is 3.13. The first-order valence-corrected chi connectivity index (χ1v) is 8.47. The quantitative estimate of drug-likeness (QED) is 0.808. The van der Waals surface area contributed by atoms with Gasteiger partial charge < -0.3 is 19.3 Å². The first-order chi connectivity index (χ1) is 12.7. The van der Waals surface area contributed by atoms with Crippen molar-refractivity contribution >= 4 is 5.91 Å². The molecule has 0 unspecified atom stereocenters. The molecule has 1 N–H and O–H groups in total. The Morgan fingerprint density at radius 2 is 2.08 bits per heavy atom. The lowest BCUT2D eigenvalue weighted by molar-refractivity contribution is 0.0162. The van der Waals surface area contributed by atoms with E-state index in [1.165, 1.54) is 19.2 Å². The minimum atomic E-state index is -0.323. The van der Waals surface area contributed by atoms with Gasteiger partial charge in [-0.2, -0.15) is 0 Å². The summed E-state index contributed by atoms with van der Waals surface area (Å²) in [5, 5.41) is 6.65. The SMILES string of the molecule is COCc1cc(C(=O)NC[C@H](c2ccc(F)cc2)N2CCOCC2)no1. The molecule has 3 rings (SSSR count). The Morgan fingerprint density at radius 1 is 1.35 bits per heavy atom. The van der Waals surface area contributed by atoms with Crippen LogP contribution < -0.4 is 5.32 Å². The highest BCUT2D eigenvalue weighted by Crippen LogP contribution is 2.22. The number of nitrogens with one attached hydrogen (secondary N) is 1. The lowest BCUT2D eigenvalue weighted by Gasteiger charge is -2.34. The summed E-state index contributed by atoms with van der Waals surface area (Å²) < 4.78 is 28.7. The number of ether oxygens (including phenoxy) is 2. The number of methoxy groups -OCH3 is 1. The van der Waals surface area contributed by atoms with Crippen molar-refractivity contribution in [2.24, 2.45) is 0 Å². The number of hydrogen-bond acceptors (Lipinski definition) is 6. The molecule has 2 aromatic rings. The Bertz CT molecular complexity index is 713. The zero-order valence-electron chi connectivity index (χ0n) is 14.6. The van der Waals surface area contributed by atoms with E-state index in [-0.39, 0.29) is 30.1 Å². The van der Waals surface area contributed by atoms with Crippen LogP contribution in [0.4, 0.5) is 4.39 Å². The van der Waals surface area contributed by atoms with Crippen LogP contribution in [0.15, 0.2) is 34.9 Å². The van der Waals surface area contributed by atoms with E-state index in [0.717, 1.165) is 18.7 Å². The number of morpholine rings is 1. The van der Waals surface area contributed by atoms with Gasteiger partial charge in [0.05, 0.1) is 19.3 Å². The van der Waals surface area contributed by atoms with Crippen molar-refractivity contribution < 1.29 is 23.2 Å². The van der Waals surface area contributed by atoms with E-state index in [1.807, 2.05) is 0 Å². The third-order valence-corrected chi connectivity index (χ3v) is 4.28. The van der Waals surface area contributed by atoms with Crippen LogP contribution in [0, 0.1) is 5.82 Å². The molecule has 1 fully saturated rings. The fourth-order valence-electron chi connectivity index (χ4n) is 2.94. The molecule has 1 aromatic carbocycles. The highest BCUT2D eigenvalue weighted by Gasteiger charge is 2.24. The van der Waals surface area contributed by atoms with Crippen molar-refractivity contribution in [1.82, 2.24) is 15.4 Å². The maximum Gasteiger partial charge on any atom is 0.273 e. The van der Waals surface area contributed by atoms with Crippen molar-refractivity contribution in [3.05, 3.63) is 53.2 Å². The predicted molar refractivity (Wildman–Crippen MR) is 91.1 cm³/mol. The van der Waals surface area contributed by atoms with E-state index in [2.05, 4.69) is 15.4 Å². The van der Waals surface area contributed by atoms with E-state index in [9.17, 15) is 9.18 Å². The highest BCUT2D eigenvalue weighted by atomic mass is 19.1. The molecule has 140 valence electrons. The molecular weight excluding hydrogens is 341 g/mol. The summed E-state index contributed by atoms with van der Waals surface area (Å²) in [6.07, 6.45) is 0. The smallest absolute Gasteiger partial charge is 0.273 e. The standard InChI is InChI=1S/C18H22FN3O4/c1-24-12-15-10-16(21-26-15)18(23)20-11-17(22-6-8-25-9-7-22)13-2-4-14(19)5-3-13/h2-5,10,17H,6-9,11-12H2,1H3,(H,20,23)/t17-/m1/s1. The molecule has 8 heteroatoms. The van der Waals surface area contributed by atoms with Gasteiger partial charge in [-0.15, -0.1) is 0 Å². The monoisotopic (exact) mass is 363 g/mol. The van der Waals surface area contributed by atoms with Crippen LogP contribution in [0.25, 0.3) is 0 Å². The average molecular weight is 363 g/mol. The number of aromatic nitrogens is 1. The van der Waals surface area contributed by atoms with Gasteiger partial charge in [-0.1, -0.05) is 17.3 Å². The van der Waals surface area contributed by atoms with E-state index in [4.69, 9.17) is 14.0 Å². The Hall–Kier alpha value is -2.29. The summed E-state index contributed by atoms with van der Waals surface area (Å²) in [5.74, 6) is -0.121. The van der Waals surface area contributed by atoms with Crippen molar-refractivity contribution in [2.45, 2.75) is 12.6 Å². The molecule has 26 heavy (non-hydrogen) atoms. The molecule has 0 bridgehead atoms. The second-order valence-corrected chi connectivity index (χ2v) is 6.04. The minimum Gasteiger partial charge on any atom is -0.379 e. The molecule has 1 aliphatic rings. The molecule has 7 nitrogen and oxygen atoms in total. The van der Waals surface area contributed by atoms with Crippen LogP contribution in [0.5, 0.6) is 0 Å². The maximum absolute atomic E-state index is 13.3. The number of benzene rings is 1. The van der Waals surface area contributed by atoms with Gasteiger partial charge in [-0.3, -0.25) is 9.69 Å². The second kappa shape index (κ2) is 8.88. The van der Waals surface area contributed by atoms with Crippen LogP contribution >= 0.6 is 0 Å². The van der Waals surface area contributed by atoms with Gasteiger partial charge in [-0.25, -0.2) is 4.39 Å². The van der Waals surface area contributed by atoms with E-state index >= 15 is 0 Å². The first-order valence-electron chi connectivity index (χ1n) is 8.47. The number of halogens is 1. The molecule has 1 saturated heterocycles. The summed E-state index contributed by atoms with van der Waals surface area (Å²) in [4.78, 5) is 14.6. The van der Waals surface area contributed by atoms with Crippen LogP contribution in [-0.4, -0.2) is 55.9 Å². The van der Waals surface area contributed by atoms with Gasteiger partial charge in [0.15, 0.2) is 11.5 Å². The van der Waals surface area contributed by atoms with Crippen molar-refractivity contribution in [3.8, 4) is 0 Å². The molecule has 2 heterocycles. The topological polar surface area (TPSA) is 76.8 Å². The maximum atomic E-state index is 13.3. The number of amides is 1. The zero-order valence-corrected chi connectivity index (χ0v) is 14.6. The lowest BCUT2D eigenvalue weighted by Crippen LogP contribution is -2.43. The third kappa shape index (κ3) is 4.66. The molecule has 1 aliphatic heterocycles. The van der Waals surface area contributed by atoms with E-state index < -0.39 is 0 Å². The summed E-state index contributed by atoms with van der Waals surface area (Å²) in [6.45, 7) is 3.40. The normalized spacial score (nSPS) is 16.4. The number of nitrogens with zero attached hydrogens (tertiary/aromatic N) is 2. The largest absolute Gasteiger partial charge is 0.379 e. The lowest BCUT2D eigenvalue weighted by atomic mass is 10.0. The highest BCUT2D eigenvalue weighted by molar-refractivity contribution is 5.92. The molecule has 1 atom stereocenters. The van der Waals surface area contributed by atoms with Crippen molar-refractivity contribution in [1.29, 1.82) is 0 Å². The third-order valence-electron chi connectivity index (χ3n) is 4.28. The second-order valence-electron chi connectivity index (χ2n) is 6.04. The Kier molecular flexibility index (Phi) is 6.32. The molecule has 1 aromatic heterocycles. The number of carbonyl (C=O) groups excluding carboxylic acids is 1. The molecule has 0 saturated carbocycles. The fourth-order valence-corrected chi connectivity index (χ4v) is 2.94. The van der Waals surface area contributed by atoms with Crippen LogP contribution in [0.2, 0.25) is 0 Å². The summed E-state index contributed by atoms with van der Waals surface area (Å²) in [7, 11) is 1.54. The van der Waals surface area contributed by atoms with Crippen molar-refractivity contribution in [3.63, 3.8) is 0 Å². The first kappa shape index (κ1) is 18.5. The van der Waals surface area contributed by atoms with Gasteiger partial charge in [-0.05, 0) is 17.7 Å². The van der Waals surface area contributed by atoms with Crippen LogP contribution in [0.3, 0.4) is 0 Å². The van der Waals surface area contributed by atoms with Gasteiger partial charge in [0.25, 0.3) is 5.91 Å². The molecular formula is C18H22FN3O4. The van der Waals surface area contributed by atoms with Gasteiger partial charge in [0.1, 0.15) is 12.4 Å². The zero-order chi connectivity index (χ0) is 18.4. The molecule has 0 spiro atoms. The van der Waals surface area contributed by atoms with E-state index in [1.54, 1.807) is 18.2 Å². The minimum absolute atomic E-state index is 0.0752. The Morgan fingerprint density at radius 3 is 2.77 bits per heavy atom. The van der Waals surface area contributed by atoms with Crippen LogP contribution in [-0.2, 0) is 16.1 Å². The molecule has 0 aliphatic carbocycles. The number of carbonyl (C=O) groups is 1. The molecule has 0 radical (unpaired) electrons. The molecule has 1 amide bonds. The Labute approximate surface area is 151 Å². The number of hydrogen-bond donors (Lipinski definition) is 1. The summed E-state index contributed by atoms with van der Waals surface area (Å²) in [5.41, 5.74) is 1.14. The van der Waals surface area contributed by atoms with Gasteiger partial charge in [0, 0.05) is 32.8 Å². The Balaban J connectivity index is 1.68. The fraction of sp³-hybridized carbons (Fsp3) is 0.444. The van der Waals surface area contributed by atoms with Gasteiger partial charge in [0.2, 0.25) is 0 Å². The predicted octanol–water partition coefficient (Wildman–Crippen LogP) is 1.76. The summed E-state index contributed by atoms with van der Waals surface area (Å²) in [6, 6.07) is 7.83.